The lowest BCUT2D eigenvalue weighted by Crippen LogP contribution is -2.45. The Balaban J connectivity index is 4.20. The van der Waals surface area contributed by atoms with Crippen LogP contribution in [0, 0.1) is 5.92 Å². The largest absolute Gasteiger partial charge is 0.756 e. The van der Waals surface area contributed by atoms with Gasteiger partial charge in [-0.2, -0.15) is 0 Å². The molecule has 0 bridgehead atoms. The van der Waals surface area contributed by atoms with Gasteiger partial charge in [0.25, 0.3) is 7.82 Å². The van der Waals surface area contributed by atoms with Gasteiger partial charge in [0, 0.05) is 6.42 Å². The van der Waals surface area contributed by atoms with Crippen molar-refractivity contribution in [3.05, 3.63) is 12.2 Å². The monoisotopic (exact) mass is 829 g/mol. The van der Waals surface area contributed by atoms with E-state index in [2.05, 4.69) is 26.1 Å². The van der Waals surface area contributed by atoms with Crippen LogP contribution in [0.4, 0.5) is 0 Å². The highest BCUT2D eigenvalue weighted by Gasteiger charge is 2.23. The quantitative estimate of drug-likeness (QED) is 0.0274. The number of carbonyl (C=O) groups is 1. The third kappa shape index (κ3) is 43.1. The molecule has 0 rings (SSSR count). The zero-order chi connectivity index (χ0) is 42.3. The molecule has 0 fully saturated rings. The lowest BCUT2D eigenvalue weighted by molar-refractivity contribution is -0.870. The molecule has 57 heavy (non-hydrogen) atoms. The van der Waals surface area contributed by atoms with Gasteiger partial charge in [-0.1, -0.05) is 219 Å². The van der Waals surface area contributed by atoms with Crippen LogP contribution in [0.25, 0.3) is 0 Å². The van der Waals surface area contributed by atoms with Gasteiger partial charge < -0.3 is 28.8 Å². The molecule has 0 aliphatic heterocycles. The molecule has 0 saturated carbocycles. The molecule has 0 aliphatic carbocycles. The molecule has 340 valence electrons. The van der Waals surface area contributed by atoms with Crippen molar-refractivity contribution in [3.8, 4) is 0 Å². The number of carbonyl (C=O) groups excluding carboxylic acids is 1. The fraction of sp³-hybridized carbons (Fsp3) is 0.938. The van der Waals surface area contributed by atoms with Crippen LogP contribution in [0.1, 0.15) is 233 Å². The number of aliphatic hydroxyl groups excluding tert-OH is 1. The maximum absolute atomic E-state index is 12.9. The predicted molar refractivity (Wildman–Crippen MR) is 242 cm³/mol. The number of phosphoric ester groups is 1. The predicted octanol–water partition coefficient (Wildman–Crippen LogP) is 13.1. The number of allylic oxidation sites excluding steroid dienone is 1. The van der Waals surface area contributed by atoms with Gasteiger partial charge in [0.05, 0.1) is 39.9 Å². The Morgan fingerprint density at radius 3 is 1.47 bits per heavy atom. The average molecular weight is 829 g/mol. The molecule has 0 spiro atoms. The first-order valence-electron chi connectivity index (χ1n) is 24.4. The molecule has 0 saturated heterocycles. The van der Waals surface area contributed by atoms with Crippen LogP contribution >= 0.6 is 7.82 Å². The van der Waals surface area contributed by atoms with Crippen molar-refractivity contribution in [2.45, 2.75) is 245 Å². The van der Waals surface area contributed by atoms with Crippen molar-refractivity contribution in [2.75, 3.05) is 40.9 Å². The molecule has 9 heteroatoms. The summed E-state index contributed by atoms with van der Waals surface area (Å²) in [6.07, 6.45) is 44.2. The number of nitrogens with zero attached hydrogens (tertiary/aromatic N) is 1. The van der Waals surface area contributed by atoms with E-state index < -0.39 is 20.0 Å². The number of aliphatic hydroxyl groups is 1. The molecule has 2 N–H and O–H groups in total. The van der Waals surface area contributed by atoms with E-state index in [1.807, 2.05) is 27.2 Å². The average Bonchev–Trinajstić information content (AvgIpc) is 3.15. The summed E-state index contributed by atoms with van der Waals surface area (Å²) in [7, 11) is 1.27. The van der Waals surface area contributed by atoms with Crippen LogP contribution in [0.5, 0.6) is 0 Å². The van der Waals surface area contributed by atoms with Gasteiger partial charge in [-0.25, -0.2) is 0 Å². The summed E-state index contributed by atoms with van der Waals surface area (Å²) in [4.78, 5) is 25.3. The summed E-state index contributed by atoms with van der Waals surface area (Å²) in [5, 5.41) is 13.8. The maximum Gasteiger partial charge on any atom is 0.268 e. The van der Waals surface area contributed by atoms with Gasteiger partial charge in [0.15, 0.2) is 0 Å². The normalized spacial score (nSPS) is 14.4. The van der Waals surface area contributed by atoms with E-state index in [1.54, 1.807) is 6.08 Å². The number of amides is 1. The number of rotatable bonds is 44. The fourth-order valence-corrected chi connectivity index (χ4v) is 8.00. The van der Waals surface area contributed by atoms with Crippen LogP contribution in [0.2, 0.25) is 0 Å². The van der Waals surface area contributed by atoms with Crippen LogP contribution in [0.15, 0.2) is 12.2 Å². The van der Waals surface area contributed by atoms with Crippen molar-refractivity contribution in [3.63, 3.8) is 0 Å². The van der Waals surface area contributed by atoms with Crippen molar-refractivity contribution in [2.24, 2.45) is 5.92 Å². The standard InChI is InChI=1S/C48H97N2O6P/c1-7-8-9-10-11-12-13-14-15-16-17-18-19-20-21-22-23-24-25-29-32-35-38-41-48(52)49-46(44-56-57(53,54)55-43-42-50(4,5)6)47(51)40-37-34-31-28-26-27-30-33-36-39-45(2)3/h37,40,45-47,51H,7-36,38-39,41-44H2,1-6H3,(H-,49,52,53,54)/b40-37+/t46-,47+/m0/s1. The summed E-state index contributed by atoms with van der Waals surface area (Å²) < 4.78 is 23.2. The van der Waals surface area contributed by atoms with Crippen LogP contribution in [-0.4, -0.2) is 68.5 Å². The zero-order valence-electron chi connectivity index (χ0n) is 38.7. The number of hydrogen-bond acceptors (Lipinski definition) is 6. The third-order valence-electron chi connectivity index (χ3n) is 11.2. The Kier molecular flexibility index (Phi) is 38.9. The first-order valence-corrected chi connectivity index (χ1v) is 25.9. The van der Waals surface area contributed by atoms with E-state index >= 15 is 0 Å². The van der Waals surface area contributed by atoms with E-state index in [0.717, 1.165) is 44.4 Å². The van der Waals surface area contributed by atoms with Gasteiger partial charge >= 0.3 is 0 Å². The Hall–Kier alpha value is -0.760. The number of unbranched alkanes of at least 4 members (excludes halogenated alkanes) is 29. The lowest BCUT2D eigenvalue weighted by atomic mass is 10.0. The van der Waals surface area contributed by atoms with Gasteiger partial charge in [0.1, 0.15) is 13.2 Å². The Morgan fingerprint density at radius 1 is 0.649 bits per heavy atom. The molecular formula is C48H97N2O6P. The van der Waals surface area contributed by atoms with E-state index in [1.165, 1.54) is 167 Å². The van der Waals surface area contributed by atoms with Crippen molar-refractivity contribution >= 4 is 13.7 Å². The second-order valence-electron chi connectivity index (χ2n) is 18.7. The van der Waals surface area contributed by atoms with E-state index in [-0.39, 0.29) is 19.1 Å². The smallest absolute Gasteiger partial charge is 0.268 e. The van der Waals surface area contributed by atoms with Crippen molar-refractivity contribution in [1.29, 1.82) is 0 Å². The maximum atomic E-state index is 12.9. The van der Waals surface area contributed by atoms with E-state index in [4.69, 9.17) is 9.05 Å². The molecule has 0 aromatic carbocycles. The molecular weight excluding hydrogens is 732 g/mol. The minimum atomic E-state index is -4.58. The first-order chi connectivity index (χ1) is 27.4. The molecule has 0 aliphatic rings. The number of nitrogens with one attached hydrogen (secondary N) is 1. The second-order valence-corrected chi connectivity index (χ2v) is 20.1. The minimum Gasteiger partial charge on any atom is -0.756 e. The van der Waals surface area contributed by atoms with Crippen molar-refractivity contribution in [1.82, 2.24) is 5.32 Å². The van der Waals surface area contributed by atoms with Gasteiger partial charge in [0.2, 0.25) is 5.91 Å². The molecule has 1 amide bonds. The Bertz CT molecular complexity index is 956. The highest BCUT2D eigenvalue weighted by molar-refractivity contribution is 7.45. The molecule has 3 atom stereocenters. The zero-order valence-corrected chi connectivity index (χ0v) is 39.6. The second kappa shape index (κ2) is 39.4. The summed E-state index contributed by atoms with van der Waals surface area (Å²) >= 11 is 0. The van der Waals surface area contributed by atoms with Gasteiger partial charge in [-0.15, -0.1) is 0 Å². The highest BCUT2D eigenvalue weighted by atomic mass is 31.2. The van der Waals surface area contributed by atoms with Crippen LogP contribution < -0.4 is 10.2 Å². The van der Waals surface area contributed by atoms with Crippen LogP contribution in [0.3, 0.4) is 0 Å². The molecule has 8 nitrogen and oxygen atoms in total. The highest BCUT2D eigenvalue weighted by Crippen LogP contribution is 2.38. The summed E-state index contributed by atoms with van der Waals surface area (Å²) in [6.45, 7) is 6.97. The summed E-state index contributed by atoms with van der Waals surface area (Å²) in [5.41, 5.74) is 0. The topological polar surface area (TPSA) is 108 Å². The summed E-state index contributed by atoms with van der Waals surface area (Å²) in [5.74, 6) is 0.593. The number of quaternary nitrogens is 1. The van der Waals surface area contributed by atoms with E-state index in [0.29, 0.717) is 17.4 Å². The SMILES string of the molecule is CCCCCCCCCCCCCCCCCCCCCCCCCC(=O)N[C@@H](COP(=O)([O-])OCC[N+](C)(C)C)[C@H](O)/C=C/CCCCCCCCCC(C)C. The van der Waals surface area contributed by atoms with Crippen LogP contribution in [-0.2, 0) is 18.4 Å². The Morgan fingerprint density at radius 2 is 1.05 bits per heavy atom. The molecule has 0 aromatic rings. The Labute approximate surface area is 354 Å². The lowest BCUT2D eigenvalue weighted by Gasteiger charge is -2.29. The fourth-order valence-electron chi connectivity index (χ4n) is 7.28. The molecule has 0 heterocycles. The minimum absolute atomic E-state index is 0.00123. The van der Waals surface area contributed by atoms with Gasteiger partial charge in [-0.3, -0.25) is 9.36 Å². The number of phosphoric acid groups is 1. The molecule has 0 radical (unpaired) electrons. The third-order valence-corrected chi connectivity index (χ3v) is 12.1. The van der Waals surface area contributed by atoms with Crippen molar-refractivity contribution < 1.29 is 32.9 Å². The number of likely N-dealkylation sites (N-methyl/N-ethyl adjacent to an activating group) is 1. The summed E-state index contributed by atoms with van der Waals surface area (Å²) in [6, 6.07) is -0.881. The van der Waals surface area contributed by atoms with Gasteiger partial charge in [-0.05, 0) is 25.2 Å². The molecule has 1 unspecified atom stereocenters. The van der Waals surface area contributed by atoms with E-state index in [9.17, 15) is 19.4 Å². The number of hydrogen-bond donors (Lipinski definition) is 2. The first kappa shape index (κ1) is 56.2. The molecule has 0 aromatic heterocycles.